The average Bonchev–Trinajstić information content (AvgIpc) is 3.21. The van der Waals surface area contributed by atoms with Crippen molar-refractivity contribution in [1.82, 2.24) is 19.4 Å². The highest BCUT2D eigenvalue weighted by atomic mass is 19.1. The van der Waals surface area contributed by atoms with Crippen LogP contribution in [0.2, 0.25) is 0 Å². The van der Waals surface area contributed by atoms with Gasteiger partial charge in [-0.15, -0.1) is 0 Å². The molecule has 0 saturated carbocycles. The number of nitrogens with zero attached hydrogens (tertiary/aromatic N) is 4. The van der Waals surface area contributed by atoms with Gasteiger partial charge in [0.05, 0.1) is 0 Å². The lowest BCUT2D eigenvalue weighted by Gasteiger charge is -2.33. The molecule has 1 saturated heterocycles. The van der Waals surface area contributed by atoms with Gasteiger partial charge in [-0.1, -0.05) is 12.1 Å². The smallest absolute Gasteiger partial charge is 0.222 e. The Morgan fingerprint density at radius 1 is 1.14 bits per heavy atom. The minimum atomic E-state index is -0.256. The van der Waals surface area contributed by atoms with Crippen LogP contribution in [0.4, 0.5) is 4.39 Å². The summed E-state index contributed by atoms with van der Waals surface area (Å²) in [5, 5.41) is 0. The number of aromatic nitrogens is 3. The van der Waals surface area contributed by atoms with Gasteiger partial charge in [-0.3, -0.25) is 9.78 Å². The SMILES string of the molecule is O=C(CCc1cccc(F)c1)N1CCC[C@H](c2nccn2Cc2ccncc2)C1. The van der Waals surface area contributed by atoms with E-state index in [1.165, 1.54) is 17.7 Å². The molecule has 0 radical (unpaired) electrons. The maximum Gasteiger partial charge on any atom is 0.222 e. The highest BCUT2D eigenvalue weighted by Crippen LogP contribution is 2.27. The lowest BCUT2D eigenvalue weighted by molar-refractivity contribution is -0.132. The van der Waals surface area contributed by atoms with E-state index in [4.69, 9.17) is 0 Å². The van der Waals surface area contributed by atoms with E-state index in [0.717, 1.165) is 37.3 Å². The van der Waals surface area contributed by atoms with Crippen molar-refractivity contribution in [2.75, 3.05) is 13.1 Å². The van der Waals surface area contributed by atoms with Crippen LogP contribution in [0.1, 0.15) is 42.1 Å². The number of rotatable bonds is 6. The third-order valence-corrected chi connectivity index (χ3v) is 5.51. The number of benzene rings is 1. The van der Waals surface area contributed by atoms with Crippen LogP contribution in [0.3, 0.4) is 0 Å². The fourth-order valence-electron chi connectivity index (χ4n) is 4.02. The predicted octanol–water partition coefficient (Wildman–Crippen LogP) is 3.80. The van der Waals surface area contributed by atoms with Crippen molar-refractivity contribution >= 4 is 5.91 Å². The lowest BCUT2D eigenvalue weighted by atomic mass is 9.96. The van der Waals surface area contributed by atoms with E-state index < -0.39 is 0 Å². The highest BCUT2D eigenvalue weighted by Gasteiger charge is 2.27. The van der Waals surface area contributed by atoms with E-state index in [0.29, 0.717) is 19.4 Å². The van der Waals surface area contributed by atoms with Crippen LogP contribution in [0.5, 0.6) is 0 Å². The molecule has 0 bridgehead atoms. The van der Waals surface area contributed by atoms with Gasteiger partial charge in [0, 0.05) is 56.8 Å². The summed E-state index contributed by atoms with van der Waals surface area (Å²) >= 11 is 0. The van der Waals surface area contributed by atoms with Gasteiger partial charge in [-0.2, -0.15) is 0 Å². The van der Waals surface area contributed by atoms with Gasteiger partial charge in [0.25, 0.3) is 0 Å². The highest BCUT2D eigenvalue weighted by molar-refractivity contribution is 5.76. The van der Waals surface area contributed by atoms with E-state index in [1.54, 1.807) is 18.5 Å². The Hall–Kier alpha value is -3.02. The van der Waals surface area contributed by atoms with E-state index >= 15 is 0 Å². The quantitative estimate of drug-likeness (QED) is 0.641. The van der Waals surface area contributed by atoms with Gasteiger partial charge in [0.2, 0.25) is 5.91 Å². The molecule has 3 aromatic rings. The number of carbonyl (C=O) groups is 1. The summed E-state index contributed by atoms with van der Waals surface area (Å²) < 4.78 is 15.5. The van der Waals surface area contributed by atoms with Crippen molar-refractivity contribution in [3.05, 3.63) is 84.0 Å². The molecule has 1 aliphatic heterocycles. The molecule has 29 heavy (non-hydrogen) atoms. The molecule has 1 aliphatic rings. The van der Waals surface area contributed by atoms with Crippen LogP contribution >= 0.6 is 0 Å². The standard InChI is InChI=1S/C23H25FN4O/c24-21-5-1-3-18(15-21)6-7-22(29)27-13-2-4-20(17-27)23-26-12-14-28(23)16-19-8-10-25-11-9-19/h1,3,5,8-12,14-15,20H,2,4,6-7,13,16-17H2/t20-/m0/s1. The number of hydrogen-bond donors (Lipinski definition) is 0. The summed E-state index contributed by atoms with van der Waals surface area (Å²) in [5.41, 5.74) is 2.04. The number of pyridine rings is 1. The first-order valence-corrected chi connectivity index (χ1v) is 10.1. The second kappa shape index (κ2) is 8.99. The first-order chi connectivity index (χ1) is 14.2. The molecule has 1 atom stereocenters. The fraction of sp³-hybridized carbons (Fsp3) is 0.348. The Morgan fingerprint density at radius 3 is 2.83 bits per heavy atom. The van der Waals surface area contributed by atoms with Gasteiger partial charge in [-0.05, 0) is 54.7 Å². The summed E-state index contributed by atoms with van der Waals surface area (Å²) in [6, 6.07) is 10.5. The predicted molar refractivity (Wildman–Crippen MR) is 109 cm³/mol. The van der Waals surface area contributed by atoms with Crippen molar-refractivity contribution in [2.24, 2.45) is 0 Å². The summed E-state index contributed by atoms with van der Waals surface area (Å²) in [4.78, 5) is 23.4. The molecule has 4 rings (SSSR count). The lowest BCUT2D eigenvalue weighted by Crippen LogP contribution is -2.39. The summed E-state index contributed by atoms with van der Waals surface area (Å²) in [7, 11) is 0. The molecule has 6 heteroatoms. The van der Waals surface area contributed by atoms with E-state index in [-0.39, 0.29) is 17.6 Å². The number of piperidine rings is 1. The van der Waals surface area contributed by atoms with Gasteiger partial charge in [0.1, 0.15) is 11.6 Å². The number of hydrogen-bond acceptors (Lipinski definition) is 3. The van der Waals surface area contributed by atoms with Crippen LogP contribution < -0.4 is 0 Å². The Balaban J connectivity index is 1.38. The number of halogens is 1. The maximum atomic E-state index is 13.3. The zero-order valence-electron chi connectivity index (χ0n) is 16.4. The molecule has 1 fully saturated rings. The Labute approximate surface area is 170 Å². The summed E-state index contributed by atoms with van der Waals surface area (Å²) in [5.74, 6) is 1.14. The Bertz CT molecular complexity index is 956. The van der Waals surface area contributed by atoms with Gasteiger partial charge in [-0.25, -0.2) is 9.37 Å². The van der Waals surface area contributed by atoms with Gasteiger partial charge >= 0.3 is 0 Å². The first-order valence-electron chi connectivity index (χ1n) is 10.1. The largest absolute Gasteiger partial charge is 0.342 e. The number of carbonyl (C=O) groups excluding carboxylic acids is 1. The molecule has 1 aromatic carbocycles. The van der Waals surface area contributed by atoms with Crippen molar-refractivity contribution < 1.29 is 9.18 Å². The van der Waals surface area contributed by atoms with Gasteiger partial charge in [0.15, 0.2) is 0 Å². The number of amides is 1. The van der Waals surface area contributed by atoms with Crippen molar-refractivity contribution in [3.63, 3.8) is 0 Å². The zero-order chi connectivity index (χ0) is 20.1. The van der Waals surface area contributed by atoms with Crippen LogP contribution in [0.15, 0.2) is 61.2 Å². The van der Waals surface area contributed by atoms with Crippen LogP contribution in [0, 0.1) is 5.82 Å². The van der Waals surface area contributed by atoms with E-state index in [2.05, 4.69) is 14.5 Å². The molecule has 1 amide bonds. The molecule has 5 nitrogen and oxygen atoms in total. The first kappa shape index (κ1) is 19.3. The molecule has 0 spiro atoms. The summed E-state index contributed by atoms with van der Waals surface area (Å²) in [6.07, 6.45) is 10.4. The van der Waals surface area contributed by atoms with Crippen molar-refractivity contribution in [3.8, 4) is 0 Å². The van der Waals surface area contributed by atoms with Crippen LogP contribution in [0.25, 0.3) is 0 Å². The molecular weight excluding hydrogens is 367 g/mol. The molecular formula is C23H25FN4O. The molecule has 0 N–H and O–H groups in total. The second-order valence-electron chi connectivity index (χ2n) is 7.58. The van der Waals surface area contributed by atoms with Crippen molar-refractivity contribution in [2.45, 2.75) is 38.1 Å². The number of aryl methyl sites for hydroxylation is 1. The summed E-state index contributed by atoms with van der Waals surface area (Å²) in [6.45, 7) is 2.22. The molecule has 150 valence electrons. The molecule has 0 unspecified atom stereocenters. The Kier molecular flexibility index (Phi) is 5.98. The fourth-order valence-corrected chi connectivity index (χ4v) is 4.02. The van der Waals surface area contributed by atoms with E-state index in [9.17, 15) is 9.18 Å². The van der Waals surface area contributed by atoms with Crippen molar-refractivity contribution in [1.29, 1.82) is 0 Å². The molecule has 0 aliphatic carbocycles. The monoisotopic (exact) mass is 392 g/mol. The minimum Gasteiger partial charge on any atom is -0.342 e. The minimum absolute atomic E-state index is 0.131. The third-order valence-electron chi connectivity index (χ3n) is 5.51. The molecule has 3 heterocycles. The number of likely N-dealkylation sites (tertiary alicyclic amines) is 1. The second-order valence-corrected chi connectivity index (χ2v) is 7.58. The topological polar surface area (TPSA) is 51.0 Å². The Morgan fingerprint density at radius 2 is 2.00 bits per heavy atom. The third kappa shape index (κ3) is 4.88. The zero-order valence-corrected chi connectivity index (χ0v) is 16.4. The average molecular weight is 392 g/mol. The molecule has 2 aromatic heterocycles. The number of imidazole rings is 1. The normalized spacial score (nSPS) is 16.7. The van der Waals surface area contributed by atoms with Crippen LogP contribution in [-0.4, -0.2) is 38.4 Å². The van der Waals surface area contributed by atoms with E-state index in [1.807, 2.05) is 35.5 Å². The maximum absolute atomic E-state index is 13.3. The van der Waals surface area contributed by atoms with Gasteiger partial charge < -0.3 is 9.47 Å². The van der Waals surface area contributed by atoms with Crippen LogP contribution in [-0.2, 0) is 17.8 Å².